The van der Waals surface area contributed by atoms with E-state index in [1.165, 1.54) is 24.8 Å². The molecule has 2 aromatic carbocycles. The molecule has 0 bridgehead atoms. The normalized spacial score (nSPS) is 17.8. The Kier molecular flexibility index (Phi) is 5.88. The molecule has 3 heterocycles. The predicted molar refractivity (Wildman–Crippen MR) is 142 cm³/mol. The van der Waals surface area contributed by atoms with Gasteiger partial charge in [0.1, 0.15) is 5.82 Å². The van der Waals surface area contributed by atoms with Crippen molar-refractivity contribution in [2.75, 3.05) is 0 Å². The van der Waals surface area contributed by atoms with Crippen LogP contribution >= 0.6 is 0 Å². The van der Waals surface area contributed by atoms with E-state index < -0.39 is 0 Å². The number of nitrogens with zero attached hydrogens (tertiary/aromatic N) is 4. The summed E-state index contributed by atoms with van der Waals surface area (Å²) in [4.78, 5) is 16.0. The Hall–Kier alpha value is -3.80. The fraction of sp³-hybridized carbons (Fsp3) is 0.333. The molecule has 0 radical (unpaired) electrons. The Bertz CT molecular complexity index is 1360. The molecule has 6 nitrogen and oxygen atoms in total. The molecule has 6 heteroatoms. The third-order valence-corrected chi connectivity index (χ3v) is 7.67. The van der Waals surface area contributed by atoms with E-state index in [4.69, 9.17) is 5.10 Å². The van der Waals surface area contributed by atoms with Gasteiger partial charge in [0.05, 0.1) is 29.7 Å². The summed E-state index contributed by atoms with van der Waals surface area (Å²) in [6.07, 6.45) is 7.84. The number of carbonyl (C=O) groups is 1. The number of carbonyl (C=O) groups excluding carboxylic acids is 1. The molecular formula is C30H33N5O. The minimum absolute atomic E-state index is 0.0000592. The van der Waals surface area contributed by atoms with Gasteiger partial charge in [0.15, 0.2) is 0 Å². The molecule has 2 aliphatic rings. The Morgan fingerprint density at radius 1 is 0.917 bits per heavy atom. The number of hydrogen-bond donors (Lipinski definition) is 1. The number of amides is 2. The molecule has 1 atom stereocenters. The lowest BCUT2D eigenvalue weighted by Crippen LogP contribution is -2.46. The number of urea groups is 1. The second-order valence-electron chi connectivity index (χ2n) is 10.2. The fourth-order valence-corrected chi connectivity index (χ4v) is 5.75. The number of nitrogens with one attached hydrogen (secondary N) is 1. The fourth-order valence-electron chi connectivity index (χ4n) is 5.75. The van der Waals surface area contributed by atoms with Crippen LogP contribution in [0.3, 0.4) is 0 Å². The molecule has 1 unspecified atom stereocenters. The van der Waals surface area contributed by atoms with Gasteiger partial charge in [-0.15, -0.1) is 0 Å². The lowest BCUT2D eigenvalue weighted by Gasteiger charge is -2.33. The van der Waals surface area contributed by atoms with Crippen LogP contribution in [0.25, 0.3) is 11.5 Å². The number of aryl methyl sites for hydroxylation is 2. The van der Waals surface area contributed by atoms with Gasteiger partial charge in [0.2, 0.25) is 0 Å². The molecule has 0 spiro atoms. The average Bonchev–Trinajstić information content (AvgIpc) is 3.46. The topological polar surface area (TPSA) is 55.1 Å². The Balaban J connectivity index is 1.50. The quantitative estimate of drug-likeness (QED) is 0.379. The van der Waals surface area contributed by atoms with E-state index >= 15 is 0 Å². The van der Waals surface area contributed by atoms with Crippen LogP contribution in [0.1, 0.15) is 66.2 Å². The highest BCUT2D eigenvalue weighted by molar-refractivity contribution is 5.76. The summed E-state index contributed by atoms with van der Waals surface area (Å²) in [7, 11) is 0. The van der Waals surface area contributed by atoms with Crippen LogP contribution in [0.15, 0.2) is 72.9 Å². The Labute approximate surface area is 212 Å². The minimum Gasteiger partial charge on any atom is -0.335 e. The van der Waals surface area contributed by atoms with Crippen molar-refractivity contribution >= 4 is 6.03 Å². The van der Waals surface area contributed by atoms with Gasteiger partial charge in [-0.1, -0.05) is 67.3 Å². The van der Waals surface area contributed by atoms with Crippen molar-refractivity contribution in [1.82, 2.24) is 24.6 Å². The lowest BCUT2D eigenvalue weighted by molar-refractivity contribution is 0.173. The summed E-state index contributed by atoms with van der Waals surface area (Å²) in [5.41, 5.74) is 6.40. The molecule has 0 saturated heterocycles. The molecular weight excluding hydrogens is 446 g/mol. The van der Waals surface area contributed by atoms with Crippen molar-refractivity contribution in [2.45, 2.75) is 64.6 Å². The molecule has 1 saturated carbocycles. The van der Waals surface area contributed by atoms with Crippen molar-refractivity contribution in [3.8, 4) is 11.5 Å². The average molecular weight is 480 g/mol. The van der Waals surface area contributed by atoms with Crippen molar-refractivity contribution < 1.29 is 4.79 Å². The molecule has 1 aliphatic heterocycles. The zero-order valence-corrected chi connectivity index (χ0v) is 21.0. The van der Waals surface area contributed by atoms with Gasteiger partial charge >= 0.3 is 6.03 Å². The second-order valence-corrected chi connectivity index (χ2v) is 10.2. The minimum atomic E-state index is -0.208. The zero-order chi connectivity index (χ0) is 24.6. The van der Waals surface area contributed by atoms with Crippen molar-refractivity contribution in [3.05, 3.63) is 101 Å². The van der Waals surface area contributed by atoms with Gasteiger partial charge < -0.3 is 14.8 Å². The molecule has 184 valence electrons. The van der Waals surface area contributed by atoms with Gasteiger partial charge in [-0.3, -0.25) is 0 Å². The van der Waals surface area contributed by atoms with Crippen molar-refractivity contribution in [1.29, 1.82) is 0 Å². The van der Waals surface area contributed by atoms with Gasteiger partial charge in [-0.2, -0.15) is 5.10 Å². The highest BCUT2D eigenvalue weighted by Crippen LogP contribution is 2.38. The van der Waals surface area contributed by atoms with Crippen LogP contribution < -0.4 is 5.32 Å². The first-order chi connectivity index (χ1) is 17.6. The lowest BCUT2D eigenvalue weighted by atomic mass is 9.95. The summed E-state index contributed by atoms with van der Waals surface area (Å²) < 4.78 is 4.24. The third kappa shape index (κ3) is 4.00. The summed E-state index contributed by atoms with van der Waals surface area (Å²) in [5.74, 6) is 1.00. The van der Waals surface area contributed by atoms with Crippen LogP contribution in [0.4, 0.5) is 4.79 Å². The van der Waals surface area contributed by atoms with Gasteiger partial charge in [0, 0.05) is 17.8 Å². The van der Waals surface area contributed by atoms with E-state index in [9.17, 15) is 4.79 Å². The van der Waals surface area contributed by atoms with E-state index in [-0.39, 0.29) is 18.1 Å². The Morgan fingerprint density at radius 3 is 2.42 bits per heavy atom. The predicted octanol–water partition coefficient (Wildman–Crippen LogP) is 6.23. The smallest absolute Gasteiger partial charge is 0.318 e. The van der Waals surface area contributed by atoms with Crippen LogP contribution in [0.5, 0.6) is 0 Å². The van der Waals surface area contributed by atoms with E-state index in [0.717, 1.165) is 46.9 Å². The number of hydrogen-bond acceptors (Lipinski definition) is 2. The summed E-state index contributed by atoms with van der Waals surface area (Å²) in [6.45, 7) is 4.64. The first kappa shape index (κ1) is 22.7. The number of rotatable bonds is 3. The highest BCUT2D eigenvalue weighted by atomic mass is 16.2. The molecule has 4 aromatic rings. The molecule has 36 heavy (non-hydrogen) atoms. The number of benzene rings is 2. The van der Waals surface area contributed by atoms with E-state index in [2.05, 4.69) is 71.5 Å². The molecule has 2 aromatic heterocycles. The maximum Gasteiger partial charge on any atom is 0.318 e. The largest absolute Gasteiger partial charge is 0.335 e. The van der Waals surface area contributed by atoms with Crippen molar-refractivity contribution in [3.63, 3.8) is 0 Å². The van der Waals surface area contributed by atoms with E-state index in [0.29, 0.717) is 6.54 Å². The number of fused-ring (bicyclic) bond motifs is 3. The van der Waals surface area contributed by atoms with Crippen LogP contribution in [-0.2, 0) is 6.54 Å². The number of aromatic nitrogens is 3. The Morgan fingerprint density at radius 2 is 1.67 bits per heavy atom. The molecule has 2 amide bonds. The molecule has 1 N–H and O–H groups in total. The molecule has 1 fully saturated rings. The van der Waals surface area contributed by atoms with Gasteiger partial charge in [-0.25, -0.2) is 9.48 Å². The molecule has 6 rings (SSSR count). The number of para-hydroxylation sites is 1. The van der Waals surface area contributed by atoms with Crippen LogP contribution in [0, 0.1) is 13.8 Å². The maximum atomic E-state index is 14.0. The third-order valence-electron chi connectivity index (χ3n) is 7.67. The maximum absolute atomic E-state index is 14.0. The second kappa shape index (κ2) is 9.34. The first-order valence-corrected chi connectivity index (χ1v) is 13.1. The summed E-state index contributed by atoms with van der Waals surface area (Å²) in [6, 6.07) is 23.1. The summed E-state index contributed by atoms with van der Waals surface area (Å²) >= 11 is 0. The van der Waals surface area contributed by atoms with E-state index in [1.54, 1.807) is 0 Å². The first-order valence-electron chi connectivity index (χ1n) is 13.1. The monoisotopic (exact) mass is 479 g/mol. The van der Waals surface area contributed by atoms with Gasteiger partial charge in [-0.05, 0) is 56.5 Å². The zero-order valence-electron chi connectivity index (χ0n) is 21.0. The molecule has 1 aliphatic carbocycles. The van der Waals surface area contributed by atoms with Crippen LogP contribution in [0.2, 0.25) is 0 Å². The van der Waals surface area contributed by atoms with Crippen LogP contribution in [-0.4, -0.2) is 31.3 Å². The van der Waals surface area contributed by atoms with Crippen molar-refractivity contribution in [2.24, 2.45) is 0 Å². The SMILES string of the molecule is Cc1ccc(C2c3cccn3-c3c(c(C)nn3-c3ccccc3)CN2C(=O)NC2CCCCC2)cc1. The van der Waals surface area contributed by atoms with E-state index in [1.807, 2.05) is 34.7 Å². The summed E-state index contributed by atoms with van der Waals surface area (Å²) in [5, 5.41) is 8.33. The van der Waals surface area contributed by atoms with Gasteiger partial charge in [0.25, 0.3) is 0 Å². The highest BCUT2D eigenvalue weighted by Gasteiger charge is 2.36. The standard InChI is InChI=1S/C30H33N5O/c1-21-15-17-23(18-16-21)28-27-14-9-19-33(27)29-26(22(2)32-35(29)25-12-7-4-8-13-25)20-34(28)30(36)31-24-10-5-3-6-11-24/h4,7-9,12-19,24,28H,3,5-6,10-11,20H2,1-2H3,(H,31,36).